The van der Waals surface area contributed by atoms with Crippen LogP contribution in [0.15, 0.2) is 0 Å². The summed E-state index contributed by atoms with van der Waals surface area (Å²) in [6.45, 7) is 6.42. The topological polar surface area (TPSA) is 47.6 Å². The third kappa shape index (κ3) is 6.17. The van der Waals surface area contributed by atoms with Crippen LogP contribution in [-0.2, 0) is 0 Å². The highest BCUT2D eigenvalue weighted by molar-refractivity contribution is 4.81. The Kier molecular flexibility index (Phi) is 5.16. The molecule has 0 aromatic heterocycles. The van der Waals surface area contributed by atoms with Gasteiger partial charge in [0.15, 0.2) is 0 Å². The Bertz CT molecular complexity index is 217. The second-order valence-electron chi connectivity index (χ2n) is 4.49. The Balaban J connectivity index is 3.88. The molecule has 0 aliphatic rings. The van der Waals surface area contributed by atoms with Crippen LogP contribution < -0.4 is 0 Å². The first-order valence-corrected chi connectivity index (χ1v) is 4.76. The van der Waals surface area contributed by atoms with Crippen molar-refractivity contribution in [3.05, 3.63) is 0 Å². The van der Waals surface area contributed by atoms with Gasteiger partial charge in [-0.15, -0.1) is 0 Å². The first-order chi connectivity index (χ1) is 6.02. The Hall–Kier alpha value is -1.02. The molecular weight excluding hydrogens is 160 g/mol. The van der Waals surface area contributed by atoms with Crippen molar-refractivity contribution in [2.75, 3.05) is 0 Å². The molecule has 0 amide bonds. The molecule has 72 valence electrons. The van der Waals surface area contributed by atoms with Gasteiger partial charge in [0.1, 0.15) is 0 Å². The van der Waals surface area contributed by atoms with E-state index in [0.717, 1.165) is 12.8 Å². The van der Waals surface area contributed by atoms with Crippen molar-refractivity contribution in [3.63, 3.8) is 0 Å². The summed E-state index contributed by atoms with van der Waals surface area (Å²) >= 11 is 0. The largest absolute Gasteiger partial charge is 0.198 e. The van der Waals surface area contributed by atoms with Gasteiger partial charge in [0.25, 0.3) is 0 Å². The molecule has 0 bridgehead atoms. The van der Waals surface area contributed by atoms with Crippen molar-refractivity contribution in [3.8, 4) is 12.1 Å². The average Bonchev–Trinajstić information content (AvgIpc) is 2.00. The van der Waals surface area contributed by atoms with Crippen LogP contribution in [0.25, 0.3) is 0 Å². The standard InChI is InChI=1S/C11H18N2/c1-10(5-8-13)9-11(2,3)6-4-7-12/h10H,4-6,9H2,1-3H3. The highest BCUT2D eigenvalue weighted by Gasteiger charge is 2.20. The molecule has 0 heterocycles. The monoisotopic (exact) mass is 178 g/mol. The molecule has 2 nitrogen and oxygen atoms in total. The molecular formula is C11H18N2. The van der Waals surface area contributed by atoms with E-state index in [0.29, 0.717) is 18.8 Å². The lowest BCUT2D eigenvalue weighted by Gasteiger charge is -2.26. The van der Waals surface area contributed by atoms with Gasteiger partial charge in [0.2, 0.25) is 0 Å². The van der Waals surface area contributed by atoms with Crippen molar-refractivity contribution in [2.45, 2.75) is 46.5 Å². The van der Waals surface area contributed by atoms with Gasteiger partial charge >= 0.3 is 0 Å². The minimum absolute atomic E-state index is 0.200. The first-order valence-electron chi connectivity index (χ1n) is 4.76. The molecule has 0 aromatic carbocycles. The molecule has 2 heteroatoms. The van der Waals surface area contributed by atoms with Crippen LogP contribution in [-0.4, -0.2) is 0 Å². The number of nitriles is 2. The van der Waals surface area contributed by atoms with E-state index in [-0.39, 0.29) is 5.41 Å². The quantitative estimate of drug-likeness (QED) is 0.648. The predicted molar refractivity (Wildman–Crippen MR) is 52.6 cm³/mol. The molecule has 0 N–H and O–H groups in total. The molecule has 1 unspecified atom stereocenters. The minimum atomic E-state index is 0.200. The van der Waals surface area contributed by atoms with E-state index in [4.69, 9.17) is 10.5 Å². The third-order valence-electron chi connectivity index (χ3n) is 2.25. The van der Waals surface area contributed by atoms with Gasteiger partial charge in [-0.2, -0.15) is 10.5 Å². The van der Waals surface area contributed by atoms with Crippen LogP contribution in [0.3, 0.4) is 0 Å². The molecule has 0 spiro atoms. The Morgan fingerprint density at radius 3 is 2.31 bits per heavy atom. The molecule has 0 aliphatic heterocycles. The number of hydrogen-bond donors (Lipinski definition) is 0. The van der Waals surface area contributed by atoms with Gasteiger partial charge in [-0.3, -0.25) is 0 Å². The highest BCUT2D eigenvalue weighted by atomic mass is 14.3. The van der Waals surface area contributed by atoms with Crippen LogP contribution in [0.5, 0.6) is 0 Å². The zero-order valence-corrected chi connectivity index (χ0v) is 8.80. The van der Waals surface area contributed by atoms with Crippen LogP contribution >= 0.6 is 0 Å². The molecule has 13 heavy (non-hydrogen) atoms. The van der Waals surface area contributed by atoms with Gasteiger partial charge < -0.3 is 0 Å². The Labute approximate surface area is 81.2 Å². The molecule has 0 saturated carbocycles. The fourth-order valence-corrected chi connectivity index (χ4v) is 1.67. The van der Waals surface area contributed by atoms with Gasteiger partial charge in [0, 0.05) is 12.8 Å². The summed E-state index contributed by atoms with van der Waals surface area (Å²) in [7, 11) is 0. The zero-order valence-electron chi connectivity index (χ0n) is 8.80. The van der Waals surface area contributed by atoms with E-state index in [1.54, 1.807) is 0 Å². The molecule has 0 radical (unpaired) electrons. The van der Waals surface area contributed by atoms with Gasteiger partial charge in [0.05, 0.1) is 12.1 Å². The molecule has 0 rings (SSSR count). The zero-order chi connectivity index (χ0) is 10.3. The summed E-state index contributed by atoms with van der Waals surface area (Å²) < 4.78 is 0. The lowest BCUT2D eigenvalue weighted by molar-refractivity contribution is 0.261. The summed E-state index contributed by atoms with van der Waals surface area (Å²) in [6.07, 6.45) is 3.20. The summed E-state index contributed by atoms with van der Waals surface area (Å²) in [5.74, 6) is 0.443. The minimum Gasteiger partial charge on any atom is -0.198 e. The number of nitrogens with zero attached hydrogens (tertiary/aromatic N) is 2. The van der Waals surface area contributed by atoms with Crippen molar-refractivity contribution >= 4 is 0 Å². The maximum absolute atomic E-state index is 8.51. The smallest absolute Gasteiger partial charge is 0.0624 e. The van der Waals surface area contributed by atoms with Gasteiger partial charge in [-0.25, -0.2) is 0 Å². The van der Waals surface area contributed by atoms with E-state index in [1.165, 1.54) is 0 Å². The normalized spacial score (nSPS) is 13.0. The van der Waals surface area contributed by atoms with Crippen LogP contribution in [0.1, 0.15) is 46.5 Å². The average molecular weight is 178 g/mol. The van der Waals surface area contributed by atoms with E-state index in [2.05, 4.69) is 32.9 Å². The van der Waals surface area contributed by atoms with Crippen molar-refractivity contribution in [2.24, 2.45) is 11.3 Å². The summed E-state index contributed by atoms with van der Waals surface area (Å²) in [4.78, 5) is 0. The fourth-order valence-electron chi connectivity index (χ4n) is 1.67. The molecule has 0 saturated heterocycles. The van der Waals surface area contributed by atoms with Crippen LogP contribution in [0.4, 0.5) is 0 Å². The predicted octanol–water partition coefficient (Wildman–Crippen LogP) is 3.26. The van der Waals surface area contributed by atoms with E-state index in [9.17, 15) is 0 Å². The maximum atomic E-state index is 8.51. The Morgan fingerprint density at radius 2 is 1.85 bits per heavy atom. The second-order valence-corrected chi connectivity index (χ2v) is 4.49. The second kappa shape index (κ2) is 5.60. The fraction of sp³-hybridized carbons (Fsp3) is 0.818. The van der Waals surface area contributed by atoms with Gasteiger partial charge in [-0.1, -0.05) is 20.8 Å². The SMILES string of the molecule is CC(CC#N)CC(C)(C)CCC#N. The van der Waals surface area contributed by atoms with E-state index >= 15 is 0 Å². The van der Waals surface area contributed by atoms with Crippen molar-refractivity contribution in [1.29, 1.82) is 10.5 Å². The van der Waals surface area contributed by atoms with E-state index < -0.39 is 0 Å². The number of rotatable bonds is 5. The molecule has 1 atom stereocenters. The molecule has 0 fully saturated rings. The summed E-state index contributed by atoms with van der Waals surface area (Å²) in [5.41, 5.74) is 0.200. The maximum Gasteiger partial charge on any atom is 0.0624 e. The van der Waals surface area contributed by atoms with Crippen molar-refractivity contribution in [1.82, 2.24) is 0 Å². The lowest BCUT2D eigenvalue weighted by atomic mass is 9.79. The third-order valence-corrected chi connectivity index (χ3v) is 2.25. The summed E-state index contributed by atoms with van der Waals surface area (Å²) in [6, 6.07) is 4.35. The number of hydrogen-bond acceptors (Lipinski definition) is 2. The van der Waals surface area contributed by atoms with E-state index in [1.807, 2.05) is 0 Å². The van der Waals surface area contributed by atoms with Crippen molar-refractivity contribution < 1.29 is 0 Å². The van der Waals surface area contributed by atoms with Crippen LogP contribution in [0.2, 0.25) is 0 Å². The Morgan fingerprint density at radius 1 is 1.23 bits per heavy atom. The first kappa shape index (κ1) is 12.0. The van der Waals surface area contributed by atoms with Crippen LogP contribution in [0, 0.1) is 34.0 Å². The lowest BCUT2D eigenvalue weighted by Crippen LogP contribution is -2.15. The highest BCUT2D eigenvalue weighted by Crippen LogP contribution is 2.31. The van der Waals surface area contributed by atoms with Gasteiger partial charge in [-0.05, 0) is 24.2 Å². The molecule has 0 aliphatic carbocycles. The molecule has 0 aromatic rings. The summed E-state index contributed by atoms with van der Waals surface area (Å²) in [5, 5.41) is 17.0.